The molecular weight excluding hydrogens is 578 g/mol. The minimum Gasteiger partial charge on any atom is -0.490 e. The Hall–Kier alpha value is -2.58. The lowest BCUT2D eigenvalue weighted by molar-refractivity contribution is -0.113. The van der Waals surface area contributed by atoms with E-state index in [1.54, 1.807) is 4.90 Å². The second kappa shape index (κ2) is 12.1. The Labute approximate surface area is 234 Å². The number of allylic oxidation sites excluding steroid dienone is 1. The summed E-state index contributed by atoms with van der Waals surface area (Å²) in [6, 6.07) is 18.9. The van der Waals surface area contributed by atoms with Crippen molar-refractivity contribution in [3.8, 4) is 11.5 Å². The highest BCUT2D eigenvalue weighted by atomic mass is 79.9. The first-order chi connectivity index (χ1) is 17.4. The van der Waals surface area contributed by atoms with Crippen molar-refractivity contribution >= 4 is 73.5 Å². The second-order valence-corrected chi connectivity index (χ2v) is 10.9. The zero-order valence-electron chi connectivity index (χ0n) is 19.5. The number of halogens is 2. The molecule has 0 spiro atoms. The van der Waals surface area contributed by atoms with Gasteiger partial charge in [-0.15, -0.1) is 6.58 Å². The molecule has 0 N–H and O–H groups in total. The SMILES string of the molecule is C=CCc1cc(/C=C2\SC(=S)N(c3ccc(Br)cc3)C2=O)cc(OCC)c1OCc1ccc(Cl)cc1. The number of nitrogens with zero attached hydrogens (tertiary/aromatic N) is 1. The number of hydrogen-bond donors (Lipinski definition) is 0. The van der Waals surface area contributed by atoms with Crippen molar-refractivity contribution in [1.29, 1.82) is 0 Å². The van der Waals surface area contributed by atoms with Crippen LogP contribution < -0.4 is 14.4 Å². The molecular formula is C28H23BrClNO3S2. The number of thiocarbonyl (C=S) groups is 1. The third kappa shape index (κ3) is 6.21. The van der Waals surface area contributed by atoms with Crippen LogP contribution in [-0.4, -0.2) is 16.8 Å². The van der Waals surface area contributed by atoms with Crippen molar-refractivity contribution in [1.82, 2.24) is 0 Å². The van der Waals surface area contributed by atoms with Crippen molar-refractivity contribution in [2.75, 3.05) is 11.5 Å². The van der Waals surface area contributed by atoms with Crippen LogP contribution in [0.25, 0.3) is 6.08 Å². The van der Waals surface area contributed by atoms with Gasteiger partial charge in [0.15, 0.2) is 15.8 Å². The number of rotatable bonds is 9. The highest BCUT2D eigenvalue weighted by molar-refractivity contribution is 9.10. The van der Waals surface area contributed by atoms with Gasteiger partial charge in [0.2, 0.25) is 0 Å². The van der Waals surface area contributed by atoms with E-state index in [1.165, 1.54) is 11.8 Å². The number of ether oxygens (including phenoxy) is 2. The zero-order chi connectivity index (χ0) is 25.7. The van der Waals surface area contributed by atoms with Crippen LogP contribution in [0.1, 0.15) is 23.6 Å². The number of carbonyl (C=O) groups excluding carboxylic acids is 1. The summed E-state index contributed by atoms with van der Waals surface area (Å²) in [5.41, 5.74) is 3.47. The summed E-state index contributed by atoms with van der Waals surface area (Å²) >= 11 is 16.2. The first kappa shape index (κ1) is 26.5. The van der Waals surface area contributed by atoms with E-state index in [0.29, 0.717) is 45.4 Å². The Kier molecular flexibility index (Phi) is 8.90. The molecule has 1 aliphatic heterocycles. The van der Waals surface area contributed by atoms with Gasteiger partial charge in [0.1, 0.15) is 6.61 Å². The number of hydrogen-bond acceptors (Lipinski definition) is 5. The fourth-order valence-electron chi connectivity index (χ4n) is 3.67. The van der Waals surface area contributed by atoms with Crippen LogP contribution in [0.15, 0.2) is 82.7 Å². The molecule has 36 heavy (non-hydrogen) atoms. The molecule has 0 aromatic heterocycles. The van der Waals surface area contributed by atoms with Gasteiger partial charge in [0.25, 0.3) is 5.91 Å². The van der Waals surface area contributed by atoms with E-state index in [1.807, 2.05) is 79.7 Å². The molecule has 3 aromatic carbocycles. The van der Waals surface area contributed by atoms with Crippen molar-refractivity contribution in [2.45, 2.75) is 20.0 Å². The van der Waals surface area contributed by atoms with Crippen molar-refractivity contribution in [3.05, 3.63) is 104 Å². The number of benzene rings is 3. The maximum absolute atomic E-state index is 13.2. The van der Waals surface area contributed by atoms with Gasteiger partial charge in [-0.25, -0.2) is 0 Å². The van der Waals surface area contributed by atoms with E-state index in [-0.39, 0.29) is 5.91 Å². The van der Waals surface area contributed by atoms with Crippen molar-refractivity contribution in [3.63, 3.8) is 0 Å². The van der Waals surface area contributed by atoms with E-state index in [9.17, 15) is 4.79 Å². The fraction of sp³-hybridized carbons (Fsp3) is 0.143. The lowest BCUT2D eigenvalue weighted by atomic mass is 10.0. The highest BCUT2D eigenvalue weighted by Gasteiger charge is 2.33. The summed E-state index contributed by atoms with van der Waals surface area (Å²) in [5, 5.41) is 0.677. The Balaban J connectivity index is 1.65. The van der Waals surface area contributed by atoms with Crippen LogP contribution in [0.3, 0.4) is 0 Å². The third-order valence-electron chi connectivity index (χ3n) is 5.29. The molecule has 8 heteroatoms. The quantitative estimate of drug-likeness (QED) is 0.141. The van der Waals surface area contributed by atoms with Gasteiger partial charge in [0, 0.05) is 15.1 Å². The summed E-state index contributed by atoms with van der Waals surface area (Å²) in [7, 11) is 0. The van der Waals surface area contributed by atoms with Crippen LogP contribution in [0.5, 0.6) is 11.5 Å². The Morgan fingerprint density at radius 2 is 1.83 bits per heavy atom. The molecule has 0 unspecified atom stereocenters. The van der Waals surface area contributed by atoms with Crippen molar-refractivity contribution < 1.29 is 14.3 Å². The number of anilines is 1. The normalized spacial score (nSPS) is 14.4. The van der Waals surface area contributed by atoms with Gasteiger partial charge in [-0.3, -0.25) is 9.69 Å². The average Bonchev–Trinajstić information content (AvgIpc) is 3.13. The average molecular weight is 601 g/mol. The smallest absolute Gasteiger partial charge is 0.270 e. The largest absolute Gasteiger partial charge is 0.490 e. The van der Waals surface area contributed by atoms with Crippen LogP contribution in [0.2, 0.25) is 5.02 Å². The first-order valence-electron chi connectivity index (χ1n) is 11.2. The molecule has 0 saturated carbocycles. The van der Waals surface area contributed by atoms with E-state index in [4.69, 9.17) is 33.3 Å². The predicted octanol–water partition coefficient (Wildman–Crippen LogP) is 8.21. The molecule has 0 bridgehead atoms. The van der Waals surface area contributed by atoms with Gasteiger partial charge in [-0.05, 0) is 79.1 Å². The predicted molar refractivity (Wildman–Crippen MR) is 157 cm³/mol. The van der Waals surface area contributed by atoms with Gasteiger partial charge >= 0.3 is 0 Å². The lowest BCUT2D eigenvalue weighted by Gasteiger charge is -2.17. The van der Waals surface area contributed by atoms with E-state index < -0.39 is 0 Å². The summed E-state index contributed by atoms with van der Waals surface area (Å²) in [6.07, 6.45) is 4.24. The van der Waals surface area contributed by atoms with Crippen LogP contribution in [0.4, 0.5) is 5.69 Å². The maximum Gasteiger partial charge on any atom is 0.270 e. The molecule has 1 saturated heterocycles. The minimum atomic E-state index is -0.154. The van der Waals surface area contributed by atoms with Crippen LogP contribution in [-0.2, 0) is 17.8 Å². The Bertz CT molecular complexity index is 1320. The first-order valence-corrected chi connectivity index (χ1v) is 13.6. The number of thioether (sulfide) groups is 1. The van der Waals surface area contributed by atoms with Gasteiger partial charge in [-0.2, -0.15) is 0 Å². The fourth-order valence-corrected chi connectivity index (χ4v) is 5.36. The van der Waals surface area contributed by atoms with Gasteiger partial charge in [-0.1, -0.05) is 69.7 Å². The molecule has 1 amide bonds. The van der Waals surface area contributed by atoms with Gasteiger partial charge < -0.3 is 9.47 Å². The van der Waals surface area contributed by atoms with Crippen LogP contribution >= 0.6 is 51.5 Å². The summed E-state index contributed by atoms with van der Waals surface area (Å²) in [4.78, 5) is 15.3. The van der Waals surface area contributed by atoms with E-state index >= 15 is 0 Å². The Morgan fingerprint density at radius 1 is 1.11 bits per heavy atom. The Morgan fingerprint density at radius 3 is 2.50 bits per heavy atom. The molecule has 0 aliphatic carbocycles. The molecule has 1 fully saturated rings. The molecule has 4 rings (SSSR count). The van der Waals surface area contributed by atoms with Gasteiger partial charge in [0.05, 0.1) is 17.2 Å². The summed E-state index contributed by atoms with van der Waals surface area (Å²) in [5.74, 6) is 1.12. The van der Waals surface area contributed by atoms with E-state index in [2.05, 4.69) is 22.5 Å². The monoisotopic (exact) mass is 599 g/mol. The number of carbonyl (C=O) groups is 1. The number of amides is 1. The molecule has 1 heterocycles. The minimum absolute atomic E-state index is 0.154. The zero-order valence-corrected chi connectivity index (χ0v) is 23.5. The van der Waals surface area contributed by atoms with Crippen LogP contribution in [0, 0.1) is 0 Å². The maximum atomic E-state index is 13.2. The second-order valence-electron chi connectivity index (χ2n) is 7.84. The summed E-state index contributed by atoms with van der Waals surface area (Å²) in [6.45, 7) is 6.66. The third-order valence-corrected chi connectivity index (χ3v) is 7.37. The topological polar surface area (TPSA) is 38.8 Å². The molecule has 1 aliphatic rings. The molecule has 0 radical (unpaired) electrons. The molecule has 4 nitrogen and oxygen atoms in total. The molecule has 184 valence electrons. The lowest BCUT2D eigenvalue weighted by Crippen LogP contribution is -2.27. The highest BCUT2D eigenvalue weighted by Crippen LogP contribution is 2.39. The molecule has 0 atom stereocenters. The summed E-state index contributed by atoms with van der Waals surface area (Å²) < 4.78 is 13.6. The standard InChI is InChI=1S/C28H23BrClNO3S2/c1-3-5-20-14-19(15-24(33-4-2)26(20)34-17-18-6-10-22(30)11-7-18)16-25-27(32)31(28(35)36-25)23-12-8-21(29)9-13-23/h3,6-16H,1,4-5,17H2,2H3/b25-16-. The molecule has 3 aromatic rings. The van der Waals surface area contributed by atoms with Crippen molar-refractivity contribution in [2.24, 2.45) is 0 Å². The van der Waals surface area contributed by atoms with E-state index in [0.717, 1.165) is 26.9 Å².